The molecule has 0 saturated heterocycles. The number of ether oxygens (including phenoxy) is 2. The normalized spacial score (nSPS) is 10.6. The predicted octanol–water partition coefficient (Wildman–Crippen LogP) is 0.957. The quantitative estimate of drug-likeness (QED) is 0.450. The van der Waals surface area contributed by atoms with Gasteiger partial charge in [-0.2, -0.15) is 0 Å². The maximum atomic E-state index is 11.8. The van der Waals surface area contributed by atoms with Crippen LogP contribution < -0.4 is 5.62 Å². The fourth-order valence-corrected chi connectivity index (χ4v) is 2.44. The van der Waals surface area contributed by atoms with Crippen LogP contribution in [0.1, 0.15) is 13.8 Å². The largest absolute Gasteiger partial charge is 0.465 e. The van der Waals surface area contributed by atoms with Gasteiger partial charge in [-0.1, -0.05) is 0 Å². The van der Waals surface area contributed by atoms with Crippen molar-refractivity contribution in [2.24, 2.45) is 0 Å². The molecule has 25 heavy (non-hydrogen) atoms. The Kier molecular flexibility index (Phi) is 5.52. The van der Waals surface area contributed by atoms with E-state index in [1.54, 1.807) is 13.8 Å². The SMILES string of the molecule is CCOC(=O)Cn1c(=N)n(CC(=O)OCC)c2cc([N+](=O)[O-])ccc21. The molecule has 10 heteroatoms. The van der Waals surface area contributed by atoms with Crippen LogP contribution in [-0.4, -0.2) is 39.2 Å². The molecule has 0 amide bonds. The molecule has 0 aliphatic carbocycles. The number of nitro groups is 1. The fourth-order valence-electron chi connectivity index (χ4n) is 2.44. The Labute approximate surface area is 142 Å². The highest BCUT2D eigenvalue weighted by Gasteiger charge is 2.19. The van der Waals surface area contributed by atoms with Gasteiger partial charge in [-0.05, 0) is 19.9 Å². The number of non-ortho nitro benzene ring substituents is 1. The Balaban J connectivity index is 2.59. The van der Waals surface area contributed by atoms with E-state index in [-0.39, 0.29) is 43.1 Å². The Bertz CT molecular complexity index is 882. The van der Waals surface area contributed by atoms with Gasteiger partial charge in [-0.15, -0.1) is 0 Å². The molecule has 0 radical (unpaired) electrons. The molecule has 1 aromatic heterocycles. The molecule has 0 saturated carbocycles. The summed E-state index contributed by atoms with van der Waals surface area (Å²) in [6.07, 6.45) is 0. The number of hydrogen-bond acceptors (Lipinski definition) is 7. The first-order valence-corrected chi connectivity index (χ1v) is 7.62. The van der Waals surface area contributed by atoms with Gasteiger partial charge in [0.2, 0.25) is 5.62 Å². The molecule has 0 bridgehead atoms. The summed E-state index contributed by atoms with van der Waals surface area (Å²) in [6, 6.07) is 3.97. The molecule has 0 spiro atoms. The number of esters is 2. The summed E-state index contributed by atoms with van der Waals surface area (Å²) in [6.45, 7) is 3.15. The second kappa shape index (κ2) is 7.60. The smallest absolute Gasteiger partial charge is 0.326 e. The van der Waals surface area contributed by atoms with Crippen molar-refractivity contribution in [2.75, 3.05) is 13.2 Å². The summed E-state index contributed by atoms with van der Waals surface area (Å²) in [5.41, 5.74) is 0.361. The van der Waals surface area contributed by atoms with Crippen molar-refractivity contribution in [1.29, 1.82) is 5.41 Å². The third-order valence-corrected chi connectivity index (χ3v) is 3.45. The number of fused-ring (bicyclic) bond motifs is 1. The molecule has 1 heterocycles. The van der Waals surface area contributed by atoms with Crippen molar-refractivity contribution in [2.45, 2.75) is 26.9 Å². The molecule has 1 aromatic carbocycles. The summed E-state index contributed by atoms with van der Waals surface area (Å²) in [4.78, 5) is 34.0. The Morgan fingerprint density at radius 2 is 1.60 bits per heavy atom. The lowest BCUT2D eigenvalue weighted by molar-refractivity contribution is -0.384. The average Bonchev–Trinajstić information content (AvgIpc) is 2.80. The highest BCUT2D eigenvalue weighted by atomic mass is 16.6. The second-order valence-corrected chi connectivity index (χ2v) is 5.04. The first kappa shape index (κ1) is 18.2. The van der Waals surface area contributed by atoms with Gasteiger partial charge < -0.3 is 9.47 Å². The van der Waals surface area contributed by atoms with Crippen LogP contribution in [0.15, 0.2) is 18.2 Å². The summed E-state index contributed by atoms with van der Waals surface area (Å²) in [5, 5.41) is 19.3. The number of nitro benzene ring substituents is 1. The first-order valence-electron chi connectivity index (χ1n) is 7.62. The minimum atomic E-state index is -0.581. The van der Waals surface area contributed by atoms with Crippen molar-refractivity contribution >= 4 is 28.7 Å². The van der Waals surface area contributed by atoms with Crippen LogP contribution in [-0.2, 0) is 32.2 Å². The number of aromatic nitrogens is 2. The van der Waals surface area contributed by atoms with Gasteiger partial charge in [0.05, 0.1) is 29.2 Å². The molecule has 0 fully saturated rings. The Morgan fingerprint density at radius 1 is 1.08 bits per heavy atom. The molecule has 2 aromatic rings. The van der Waals surface area contributed by atoms with E-state index < -0.39 is 16.9 Å². The van der Waals surface area contributed by atoms with Gasteiger partial charge in [0.25, 0.3) is 5.69 Å². The van der Waals surface area contributed by atoms with E-state index in [9.17, 15) is 19.7 Å². The number of carbonyl (C=O) groups excluding carboxylic acids is 2. The van der Waals surface area contributed by atoms with Crippen molar-refractivity contribution in [3.63, 3.8) is 0 Å². The van der Waals surface area contributed by atoms with Gasteiger partial charge in [-0.25, -0.2) is 0 Å². The van der Waals surface area contributed by atoms with Crippen molar-refractivity contribution < 1.29 is 24.0 Å². The maximum absolute atomic E-state index is 11.8. The van der Waals surface area contributed by atoms with Crippen LogP contribution in [0.3, 0.4) is 0 Å². The van der Waals surface area contributed by atoms with Crippen LogP contribution in [0.4, 0.5) is 5.69 Å². The van der Waals surface area contributed by atoms with Crippen LogP contribution >= 0.6 is 0 Å². The van der Waals surface area contributed by atoms with E-state index in [4.69, 9.17) is 14.9 Å². The fraction of sp³-hybridized carbons (Fsp3) is 0.400. The average molecular weight is 350 g/mol. The van der Waals surface area contributed by atoms with E-state index in [0.29, 0.717) is 5.52 Å². The zero-order valence-corrected chi connectivity index (χ0v) is 13.9. The number of imidazole rings is 1. The third-order valence-electron chi connectivity index (χ3n) is 3.45. The van der Waals surface area contributed by atoms with Gasteiger partial charge in [0.1, 0.15) is 13.1 Å². The van der Waals surface area contributed by atoms with E-state index in [1.807, 2.05) is 0 Å². The molecule has 0 atom stereocenters. The number of carbonyl (C=O) groups is 2. The number of nitrogens with one attached hydrogen (secondary N) is 1. The summed E-state index contributed by atoms with van der Waals surface area (Å²) >= 11 is 0. The van der Waals surface area contributed by atoms with Crippen molar-refractivity contribution in [3.05, 3.63) is 33.9 Å². The highest BCUT2D eigenvalue weighted by molar-refractivity contribution is 5.82. The number of rotatable bonds is 7. The molecular weight excluding hydrogens is 332 g/mol. The molecule has 10 nitrogen and oxygen atoms in total. The summed E-state index contributed by atoms with van der Waals surface area (Å²) in [5.74, 6) is -1.13. The molecule has 134 valence electrons. The molecule has 1 N–H and O–H groups in total. The van der Waals surface area contributed by atoms with E-state index >= 15 is 0 Å². The van der Waals surface area contributed by atoms with Gasteiger partial charge in [0.15, 0.2) is 0 Å². The lowest BCUT2D eigenvalue weighted by Crippen LogP contribution is -2.30. The Hall–Kier alpha value is -3.17. The minimum absolute atomic E-state index is 0.156. The van der Waals surface area contributed by atoms with E-state index in [1.165, 1.54) is 27.3 Å². The predicted molar refractivity (Wildman–Crippen MR) is 85.7 cm³/mol. The molecule has 0 aliphatic rings. The number of hydrogen-bond donors (Lipinski definition) is 1. The molecule has 0 aliphatic heterocycles. The summed E-state index contributed by atoms with van der Waals surface area (Å²) in [7, 11) is 0. The topological polar surface area (TPSA) is 129 Å². The third kappa shape index (κ3) is 3.84. The minimum Gasteiger partial charge on any atom is -0.465 e. The van der Waals surface area contributed by atoms with Crippen LogP contribution in [0.2, 0.25) is 0 Å². The number of benzene rings is 1. The summed E-state index contributed by atoms with van der Waals surface area (Å²) < 4.78 is 12.4. The lowest BCUT2D eigenvalue weighted by atomic mass is 10.2. The van der Waals surface area contributed by atoms with E-state index in [0.717, 1.165) is 0 Å². The highest BCUT2D eigenvalue weighted by Crippen LogP contribution is 2.20. The van der Waals surface area contributed by atoms with Crippen LogP contribution in [0.25, 0.3) is 11.0 Å². The molecular formula is C15H18N4O6. The second-order valence-electron chi connectivity index (χ2n) is 5.04. The Morgan fingerprint density at radius 3 is 2.08 bits per heavy atom. The van der Waals surface area contributed by atoms with Crippen LogP contribution in [0.5, 0.6) is 0 Å². The zero-order chi connectivity index (χ0) is 18.6. The first-order chi connectivity index (χ1) is 11.9. The molecule has 0 unspecified atom stereocenters. The van der Waals surface area contributed by atoms with E-state index in [2.05, 4.69) is 0 Å². The van der Waals surface area contributed by atoms with Gasteiger partial charge >= 0.3 is 11.9 Å². The number of nitrogens with zero attached hydrogens (tertiary/aromatic N) is 3. The van der Waals surface area contributed by atoms with Gasteiger partial charge in [0, 0.05) is 12.1 Å². The lowest BCUT2D eigenvalue weighted by Gasteiger charge is -2.05. The van der Waals surface area contributed by atoms with Crippen molar-refractivity contribution in [1.82, 2.24) is 9.13 Å². The van der Waals surface area contributed by atoms with Gasteiger partial charge in [-0.3, -0.25) is 34.2 Å². The molecule has 2 rings (SSSR count). The zero-order valence-electron chi connectivity index (χ0n) is 13.9. The van der Waals surface area contributed by atoms with Crippen LogP contribution in [0, 0.1) is 15.5 Å². The maximum Gasteiger partial charge on any atom is 0.326 e. The van der Waals surface area contributed by atoms with Crippen molar-refractivity contribution in [3.8, 4) is 0 Å². The standard InChI is InChI=1S/C15H18N4O6/c1-3-24-13(20)8-17-11-6-5-10(19(22)23)7-12(11)18(15(17)16)9-14(21)25-4-2/h5-7,16H,3-4,8-9H2,1-2H3. The monoisotopic (exact) mass is 350 g/mol.